The Labute approximate surface area is 220 Å². The van der Waals surface area contributed by atoms with Crippen LogP contribution >= 0.6 is 0 Å². The van der Waals surface area contributed by atoms with Crippen LogP contribution in [0.15, 0.2) is 79.0 Å². The number of hydrogen-bond acceptors (Lipinski definition) is 5. The van der Waals surface area contributed by atoms with E-state index in [-0.39, 0.29) is 12.1 Å². The lowest BCUT2D eigenvalue weighted by atomic mass is 10.0. The highest BCUT2D eigenvalue weighted by molar-refractivity contribution is 5.94. The average Bonchev–Trinajstić information content (AvgIpc) is 2.96. The van der Waals surface area contributed by atoms with Crippen LogP contribution in [0.25, 0.3) is 11.1 Å². The van der Waals surface area contributed by atoms with Crippen LogP contribution in [-0.4, -0.2) is 79.2 Å². The van der Waals surface area contributed by atoms with E-state index in [1.807, 2.05) is 54.7 Å². The molecule has 3 aromatic rings. The van der Waals surface area contributed by atoms with Gasteiger partial charge >= 0.3 is 6.03 Å². The molecule has 0 atom stereocenters. The first-order chi connectivity index (χ1) is 18.2. The summed E-state index contributed by atoms with van der Waals surface area (Å²) in [6, 6.07) is 24.4. The van der Waals surface area contributed by atoms with Crippen LogP contribution in [0, 0.1) is 0 Å². The van der Waals surface area contributed by atoms with Crippen molar-refractivity contribution in [2.45, 2.75) is 25.3 Å². The third kappa shape index (κ3) is 7.08. The summed E-state index contributed by atoms with van der Waals surface area (Å²) in [6.45, 7) is 8.66. The van der Waals surface area contributed by atoms with Crippen molar-refractivity contribution < 1.29 is 4.79 Å². The van der Waals surface area contributed by atoms with Gasteiger partial charge in [-0.05, 0) is 56.1 Å². The highest BCUT2D eigenvalue weighted by Gasteiger charge is 2.22. The smallest absolute Gasteiger partial charge is 0.319 e. The van der Waals surface area contributed by atoms with E-state index in [1.54, 1.807) is 0 Å². The molecule has 2 saturated heterocycles. The number of amides is 2. The lowest BCUT2D eigenvalue weighted by Gasteiger charge is -2.36. The minimum atomic E-state index is -0.119. The maximum atomic E-state index is 12.8. The van der Waals surface area contributed by atoms with Gasteiger partial charge in [-0.15, -0.1) is 0 Å². The molecule has 2 fully saturated rings. The lowest BCUT2D eigenvalue weighted by Crippen LogP contribution is -2.48. The quantitative estimate of drug-likeness (QED) is 0.477. The van der Waals surface area contributed by atoms with Crippen molar-refractivity contribution in [3.8, 4) is 11.1 Å². The molecule has 0 bridgehead atoms. The van der Waals surface area contributed by atoms with E-state index in [2.05, 4.69) is 54.6 Å². The number of anilines is 2. The monoisotopic (exact) mass is 498 g/mol. The van der Waals surface area contributed by atoms with Crippen LogP contribution < -0.4 is 15.5 Å². The second-order valence-electron chi connectivity index (χ2n) is 10.00. The van der Waals surface area contributed by atoms with Gasteiger partial charge in [0.25, 0.3) is 0 Å². The lowest BCUT2D eigenvalue weighted by molar-refractivity contribution is 0.179. The summed E-state index contributed by atoms with van der Waals surface area (Å²) in [6.07, 6.45) is 5.06. The molecule has 37 heavy (non-hydrogen) atoms. The number of urea groups is 1. The Kier molecular flexibility index (Phi) is 8.66. The highest BCUT2D eigenvalue weighted by Crippen LogP contribution is 2.27. The zero-order valence-electron chi connectivity index (χ0n) is 21.6. The molecule has 0 unspecified atom stereocenters. The van der Waals surface area contributed by atoms with Crippen molar-refractivity contribution in [2.75, 3.05) is 62.6 Å². The van der Waals surface area contributed by atoms with E-state index >= 15 is 0 Å². The molecule has 2 aliphatic rings. The van der Waals surface area contributed by atoms with Gasteiger partial charge in [0.1, 0.15) is 5.82 Å². The van der Waals surface area contributed by atoms with Crippen LogP contribution in [0.2, 0.25) is 0 Å². The molecule has 1 aromatic heterocycles. The summed E-state index contributed by atoms with van der Waals surface area (Å²) < 4.78 is 0. The van der Waals surface area contributed by atoms with E-state index in [0.717, 1.165) is 87.8 Å². The molecule has 5 rings (SSSR count). The minimum absolute atomic E-state index is 0.119. The van der Waals surface area contributed by atoms with Crippen molar-refractivity contribution >= 4 is 17.5 Å². The maximum absolute atomic E-state index is 12.8. The third-order valence-corrected chi connectivity index (χ3v) is 7.48. The Bertz CT molecular complexity index is 1110. The molecule has 2 amide bonds. The summed E-state index contributed by atoms with van der Waals surface area (Å²) in [4.78, 5) is 24.7. The van der Waals surface area contributed by atoms with E-state index in [1.165, 1.54) is 6.42 Å². The Balaban J connectivity index is 0.991. The van der Waals surface area contributed by atoms with E-state index < -0.39 is 0 Å². The maximum Gasteiger partial charge on any atom is 0.319 e. The predicted molar refractivity (Wildman–Crippen MR) is 151 cm³/mol. The Hall–Kier alpha value is -3.42. The fourth-order valence-corrected chi connectivity index (χ4v) is 5.37. The van der Waals surface area contributed by atoms with Gasteiger partial charge < -0.3 is 20.4 Å². The number of nitrogens with zero attached hydrogens (tertiary/aromatic N) is 4. The molecule has 0 aliphatic carbocycles. The molecule has 0 saturated carbocycles. The minimum Gasteiger partial charge on any atom is -0.354 e. The number of carbonyl (C=O) groups is 1. The van der Waals surface area contributed by atoms with Gasteiger partial charge in [-0.2, -0.15) is 0 Å². The normalized spacial score (nSPS) is 17.5. The van der Waals surface area contributed by atoms with Gasteiger partial charge in [0.05, 0.1) is 5.69 Å². The second kappa shape index (κ2) is 12.7. The number of benzene rings is 2. The second-order valence-corrected chi connectivity index (χ2v) is 10.00. The van der Waals surface area contributed by atoms with Crippen LogP contribution in [0.1, 0.15) is 19.3 Å². The number of rotatable bonds is 8. The highest BCUT2D eigenvalue weighted by atomic mass is 16.2. The van der Waals surface area contributed by atoms with Crippen LogP contribution in [0.3, 0.4) is 0 Å². The summed E-state index contributed by atoms with van der Waals surface area (Å²) in [7, 11) is 0. The number of para-hydroxylation sites is 1. The number of piperidine rings is 1. The Morgan fingerprint density at radius 3 is 2.19 bits per heavy atom. The van der Waals surface area contributed by atoms with Gasteiger partial charge in [-0.25, -0.2) is 9.78 Å². The van der Waals surface area contributed by atoms with Crippen molar-refractivity contribution in [1.29, 1.82) is 0 Å². The fourth-order valence-electron chi connectivity index (χ4n) is 5.37. The summed E-state index contributed by atoms with van der Waals surface area (Å²) >= 11 is 0. The third-order valence-electron chi connectivity index (χ3n) is 7.48. The number of nitrogens with one attached hydrogen (secondary N) is 2. The molecule has 7 nitrogen and oxygen atoms in total. The largest absolute Gasteiger partial charge is 0.354 e. The van der Waals surface area contributed by atoms with Crippen molar-refractivity contribution in [3.63, 3.8) is 0 Å². The van der Waals surface area contributed by atoms with Crippen molar-refractivity contribution in [2.24, 2.45) is 0 Å². The first-order valence-electron chi connectivity index (χ1n) is 13.6. The van der Waals surface area contributed by atoms with Gasteiger partial charge in [-0.1, -0.05) is 54.6 Å². The Morgan fingerprint density at radius 1 is 0.784 bits per heavy atom. The number of piperazine rings is 1. The average molecular weight is 499 g/mol. The molecule has 7 heteroatoms. The molecule has 2 aliphatic heterocycles. The molecular formula is C30H38N6O. The van der Waals surface area contributed by atoms with Crippen molar-refractivity contribution in [3.05, 3.63) is 79.0 Å². The molecule has 0 radical (unpaired) electrons. The van der Waals surface area contributed by atoms with Gasteiger partial charge in [0.15, 0.2) is 0 Å². The van der Waals surface area contributed by atoms with E-state index in [0.29, 0.717) is 0 Å². The number of likely N-dealkylation sites (tertiary alicyclic amines) is 1. The summed E-state index contributed by atoms with van der Waals surface area (Å²) in [5.41, 5.74) is 2.97. The number of hydrogen-bond donors (Lipinski definition) is 2. The molecule has 2 aromatic carbocycles. The fraction of sp³-hybridized carbons (Fsp3) is 0.400. The van der Waals surface area contributed by atoms with Crippen molar-refractivity contribution in [1.82, 2.24) is 20.1 Å². The van der Waals surface area contributed by atoms with Crippen LogP contribution in [0.5, 0.6) is 0 Å². The van der Waals surface area contributed by atoms with Gasteiger partial charge in [0, 0.05) is 57.1 Å². The van der Waals surface area contributed by atoms with Gasteiger partial charge in [-0.3, -0.25) is 4.90 Å². The Morgan fingerprint density at radius 2 is 1.46 bits per heavy atom. The molecular weight excluding hydrogens is 460 g/mol. The number of carbonyl (C=O) groups excluding carboxylic acids is 1. The zero-order chi connectivity index (χ0) is 25.3. The van der Waals surface area contributed by atoms with E-state index in [9.17, 15) is 4.79 Å². The van der Waals surface area contributed by atoms with Crippen LogP contribution in [-0.2, 0) is 0 Å². The zero-order valence-corrected chi connectivity index (χ0v) is 21.6. The predicted octanol–water partition coefficient (Wildman–Crippen LogP) is 4.55. The summed E-state index contributed by atoms with van der Waals surface area (Å²) in [5, 5.41) is 6.27. The molecule has 194 valence electrons. The summed E-state index contributed by atoms with van der Waals surface area (Å²) in [5.74, 6) is 1.09. The topological polar surface area (TPSA) is 63.7 Å². The van der Waals surface area contributed by atoms with E-state index in [4.69, 9.17) is 0 Å². The molecule has 3 heterocycles. The standard InChI is InChI=1S/C30H38N6O/c37-30(33-28-12-5-4-11-27(28)25-9-2-1-3-10-25)32-26-14-19-34(20-15-26)17-8-18-35-21-23-36(24-22-35)29-13-6-7-16-31-29/h1-7,9-13,16,26H,8,14-15,17-24H2,(H2,32,33,37). The number of aromatic nitrogens is 1. The number of pyridine rings is 1. The SMILES string of the molecule is O=C(Nc1ccccc1-c1ccccc1)NC1CCN(CCCN2CCN(c3ccccn3)CC2)CC1. The molecule has 0 spiro atoms. The van der Waals surface area contributed by atoms with Gasteiger partial charge in [0.2, 0.25) is 0 Å². The molecule has 2 N–H and O–H groups in total. The van der Waals surface area contributed by atoms with Crippen LogP contribution in [0.4, 0.5) is 16.3 Å². The first kappa shape index (κ1) is 25.2. The first-order valence-corrected chi connectivity index (χ1v) is 13.6.